The number of carbonyl (C=O) groups excluding carboxylic acids is 3. The van der Waals surface area contributed by atoms with Gasteiger partial charge < -0.3 is 20.3 Å². The first-order valence-corrected chi connectivity index (χ1v) is 11.0. The molecule has 0 saturated carbocycles. The van der Waals surface area contributed by atoms with E-state index < -0.39 is 23.6 Å². The van der Waals surface area contributed by atoms with Crippen LogP contribution >= 0.6 is 0 Å². The van der Waals surface area contributed by atoms with Crippen LogP contribution in [-0.2, 0) is 14.3 Å². The molecule has 1 unspecified atom stereocenters. The maximum atomic E-state index is 13.2. The second-order valence-corrected chi connectivity index (χ2v) is 8.73. The summed E-state index contributed by atoms with van der Waals surface area (Å²) in [6, 6.07) is 6.53. The lowest BCUT2D eigenvalue weighted by atomic mass is 9.95. The summed E-state index contributed by atoms with van der Waals surface area (Å²) in [6.07, 6.45) is 2.09. The minimum absolute atomic E-state index is 0.296. The van der Waals surface area contributed by atoms with Crippen molar-refractivity contribution in [2.45, 2.75) is 72.4 Å². The van der Waals surface area contributed by atoms with Crippen LogP contribution in [0.5, 0.6) is 0 Å². The van der Waals surface area contributed by atoms with Gasteiger partial charge in [0.05, 0.1) is 6.07 Å². The zero-order valence-corrected chi connectivity index (χ0v) is 20.1. The van der Waals surface area contributed by atoms with Crippen LogP contribution in [0, 0.1) is 25.2 Å². The van der Waals surface area contributed by atoms with Gasteiger partial charge in [-0.3, -0.25) is 9.59 Å². The number of unbranched alkanes of at least 4 members (excludes halogenated alkanes) is 2. The number of hydrogen-bond donors (Lipinski definition) is 2. The van der Waals surface area contributed by atoms with Crippen molar-refractivity contribution in [3.63, 3.8) is 0 Å². The van der Waals surface area contributed by atoms with Crippen LogP contribution in [0.15, 0.2) is 18.2 Å². The lowest BCUT2D eigenvalue weighted by Crippen LogP contribution is -2.48. The van der Waals surface area contributed by atoms with E-state index in [0.717, 1.165) is 30.4 Å². The quantitative estimate of drug-likeness (QED) is 0.424. The predicted molar refractivity (Wildman–Crippen MR) is 123 cm³/mol. The Kier molecular flexibility index (Phi) is 10.7. The van der Waals surface area contributed by atoms with Crippen molar-refractivity contribution in [1.29, 1.82) is 5.26 Å². The number of benzene rings is 1. The molecule has 0 aliphatic rings. The third-order valence-electron chi connectivity index (χ3n) is 4.92. The van der Waals surface area contributed by atoms with E-state index in [-0.39, 0.29) is 19.0 Å². The minimum Gasteiger partial charge on any atom is -0.444 e. The molecule has 0 bridgehead atoms. The van der Waals surface area contributed by atoms with Gasteiger partial charge in [0, 0.05) is 6.54 Å². The number of nitrogens with one attached hydrogen (secondary N) is 2. The van der Waals surface area contributed by atoms with Gasteiger partial charge in [0.2, 0.25) is 11.8 Å². The fourth-order valence-corrected chi connectivity index (χ4v) is 3.17. The zero-order chi connectivity index (χ0) is 24.3. The van der Waals surface area contributed by atoms with Crippen molar-refractivity contribution in [3.05, 3.63) is 34.9 Å². The monoisotopic (exact) mass is 444 g/mol. The molecule has 1 aromatic rings. The molecule has 0 aliphatic heterocycles. The van der Waals surface area contributed by atoms with Crippen molar-refractivity contribution in [2.75, 3.05) is 19.6 Å². The Morgan fingerprint density at radius 3 is 2.44 bits per heavy atom. The SMILES string of the molecule is CCCCCNC(=O)C(c1cccc(C)c1C)N(CC#N)C(=O)CNC(=O)OC(C)(C)C. The lowest BCUT2D eigenvalue weighted by molar-refractivity contribution is -0.139. The number of rotatable bonds is 10. The van der Waals surface area contributed by atoms with E-state index in [1.54, 1.807) is 26.8 Å². The number of nitriles is 1. The maximum absolute atomic E-state index is 13.2. The number of aryl methyl sites for hydroxylation is 1. The van der Waals surface area contributed by atoms with Gasteiger partial charge in [-0.25, -0.2) is 4.79 Å². The van der Waals surface area contributed by atoms with Gasteiger partial charge in [-0.1, -0.05) is 38.0 Å². The first kappa shape index (κ1) is 27.0. The predicted octanol–water partition coefficient (Wildman–Crippen LogP) is 3.53. The van der Waals surface area contributed by atoms with E-state index in [0.29, 0.717) is 12.1 Å². The molecular formula is C24H36N4O4. The molecule has 0 aromatic heterocycles. The number of hydrogen-bond acceptors (Lipinski definition) is 5. The number of ether oxygens (including phenoxy) is 1. The van der Waals surface area contributed by atoms with Crippen LogP contribution in [0.4, 0.5) is 4.79 Å². The fraction of sp³-hybridized carbons (Fsp3) is 0.583. The zero-order valence-electron chi connectivity index (χ0n) is 20.1. The van der Waals surface area contributed by atoms with Gasteiger partial charge in [0.15, 0.2) is 0 Å². The molecule has 8 nitrogen and oxygen atoms in total. The molecule has 0 heterocycles. The van der Waals surface area contributed by atoms with Gasteiger partial charge in [-0.05, 0) is 57.7 Å². The maximum Gasteiger partial charge on any atom is 0.408 e. The summed E-state index contributed by atoms with van der Waals surface area (Å²) in [4.78, 5) is 39.4. The first-order valence-electron chi connectivity index (χ1n) is 11.0. The normalized spacial score (nSPS) is 11.8. The molecule has 0 aliphatic carbocycles. The van der Waals surface area contributed by atoms with E-state index in [4.69, 9.17) is 4.74 Å². The minimum atomic E-state index is -0.982. The molecule has 0 radical (unpaired) electrons. The Morgan fingerprint density at radius 2 is 1.84 bits per heavy atom. The molecule has 1 aromatic carbocycles. The van der Waals surface area contributed by atoms with Crippen molar-refractivity contribution >= 4 is 17.9 Å². The molecule has 3 amide bonds. The van der Waals surface area contributed by atoms with Crippen LogP contribution in [0.2, 0.25) is 0 Å². The number of alkyl carbamates (subject to hydrolysis) is 1. The van der Waals surface area contributed by atoms with Crippen molar-refractivity contribution in [2.24, 2.45) is 0 Å². The fourth-order valence-electron chi connectivity index (χ4n) is 3.17. The van der Waals surface area contributed by atoms with Crippen LogP contribution in [0.3, 0.4) is 0 Å². The third kappa shape index (κ3) is 8.58. The standard InChI is InChI=1S/C24H36N4O4/c1-7-8-9-14-26-22(30)21(19-12-10-11-17(2)18(19)3)28(15-13-25)20(29)16-27-23(31)32-24(4,5)6/h10-12,21H,7-9,14-16H2,1-6H3,(H,26,30)(H,27,31). The van der Waals surface area contributed by atoms with Gasteiger partial charge in [0.25, 0.3) is 0 Å². The average Bonchev–Trinajstić information content (AvgIpc) is 2.70. The molecule has 0 spiro atoms. The van der Waals surface area contributed by atoms with Gasteiger partial charge >= 0.3 is 6.09 Å². The summed E-state index contributed by atoms with van der Waals surface area (Å²) in [7, 11) is 0. The van der Waals surface area contributed by atoms with Gasteiger partial charge in [-0.2, -0.15) is 5.26 Å². The van der Waals surface area contributed by atoms with Crippen molar-refractivity contribution in [1.82, 2.24) is 15.5 Å². The Bertz CT molecular complexity index is 839. The van der Waals surface area contributed by atoms with E-state index in [1.165, 1.54) is 4.90 Å². The molecule has 1 atom stereocenters. The number of carbonyl (C=O) groups is 3. The molecule has 32 heavy (non-hydrogen) atoms. The average molecular weight is 445 g/mol. The van der Waals surface area contributed by atoms with Crippen LogP contribution in [0.25, 0.3) is 0 Å². The second-order valence-electron chi connectivity index (χ2n) is 8.73. The summed E-state index contributed by atoms with van der Waals surface area (Å²) in [5.41, 5.74) is 1.79. The van der Waals surface area contributed by atoms with Crippen LogP contribution in [0.1, 0.15) is 69.7 Å². The molecule has 8 heteroatoms. The summed E-state index contributed by atoms with van der Waals surface area (Å²) in [5, 5.41) is 14.7. The highest BCUT2D eigenvalue weighted by molar-refractivity contribution is 5.90. The Balaban J connectivity index is 3.16. The van der Waals surface area contributed by atoms with Gasteiger partial charge in [-0.15, -0.1) is 0 Å². The van der Waals surface area contributed by atoms with E-state index in [2.05, 4.69) is 17.6 Å². The lowest BCUT2D eigenvalue weighted by Gasteiger charge is -2.31. The number of nitrogens with zero attached hydrogens (tertiary/aromatic N) is 2. The largest absolute Gasteiger partial charge is 0.444 e. The Morgan fingerprint density at radius 1 is 1.16 bits per heavy atom. The smallest absolute Gasteiger partial charge is 0.408 e. The van der Waals surface area contributed by atoms with E-state index >= 15 is 0 Å². The highest BCUT2D eigenvalue weighted by Gasteiger charge is 2.32. The number of amides is 3. The van der Waals surface area contributed by atoms with Gasteiger partial charge in [0.1, 0.15) is 24.7 Å². The summed E-state index contributed by atoms with van der Waals surface area (Å²) in [5.74, 6) is -0.900. The highest BCUT2D eigenvalue weighted by atomic mass is 16.6. The van der Waals surface area contributed by atoms with Crippen molar-refractivity contribution < 1.29 is 19.1 Å². The third-order valence-corrected chi connectivity index (χ3v) is 4.92. The summed E-state index contributed by atoms with van der Waals surface area (Å²) < 4.78 is 5.17. The molecule has 1 rings (SSSR count). The van der Waals surface area contributed by atoms with Crippen LogP contribution < -0.4 is 10.6 Å². The van der Waals surface area contributed by atoms with Crippen molar-refractivity contribution in [3.8, 4) is 6.07 Å². The highest BCUT2D eigenvalue weighted by Crippen LogP contribution is 2.26. The van der Waals surface area contributed by atoms with Crippen LogP contribution in [-0.4, -0.2) is 48.0 Å². The Labute approximate surface area is 191 Å². The first-order chi connectivity index (χ1) is 15.0. The second kappa shape index (κ2) is 12.7. The Hall–Kier alpha value is -3.08. The molecular weight excluding hydrogens is 408 g/mol. The van der Waals surface area contributed by atoms with E-state index in [9.17, 15) is 19.6 Å². The van der Waals surface area contributed by atoms with E-state index in [1.807, 2.05) is 32.0 Å². The topological polar surface area (TPSA) is 112 Å². The molecule has 2 N–H and O–H groups in total. The molecule has 0 fully saturated rings. The molecule has 176 valence electrons. The summed E-state index contributed by atoms with van der Waals surface area (Å²) in [6.45, 7) is 10.8. The summed E-state index contributed by atoms with van der Waals surface area (Å²) >= 11 is 0. The molecule has 0 saturated heterocycles.